The highest BCUT2D eigenvalue weighted by Gasteiger charge is 2.09. The average molecular weight is 276 g/mol. The van der Waals surface area contributed by atoms with Crippen LogP contribution in [0, 0.1) is 0 Å². The Morgan fingerprint density at radius 2 is 1.94 bits per heavy atom. The molecule has 3 nitrogen and oxygen atoms in total. The first kappa shape index (κ1) is 11.6. The van der Waals surface area contributed by atoms with Gasteiger partial charge in [-0.2, -0.15) is 5.16 Å². The van der Waals surface area contributed by atoms with Crippen LogP contribution in [-0.4, -0.2) is 5.16 Å². The summed E-state index contributed by atoms with van der Waals surface area (Å²) < 4.78 is 4.92. The van der Waals surface area contributed by atoms with Gasteiger partial charge in [-0.1, -0.05) is 23.2 Å². The third-order valence-electron chi connectivity index (χ3n) is 1.89. The van der Waals surface area contributed by atoms with Crippen molar-refractivity contribution in [2.24, 2.45) is 0 Å². The van der Waals surface area contributed by atoms with Crippen molar-refractivity contribution in [1.29, 1.82) is 0 Å². The number of aromatic nitrogens is 1. The van der Waals surface area contributed by atoms with Crippen LogP contribution in [0.25, 0.3) is 0 Å². The molecule has 0 aliphatic rings. The van der Waals surface area contributed by atoms with Gasteiger partial charge in [0.15, 0.2) is 10.8 Å². The van der Waals surface area contributed by atoms with Gasteiger partial charge in [0, 0.05) is 9.92 Å². The van der Waals surface area contributed by atoms with Crippen LogP contribution in [0.3, 0.4) is 0 Å². The highest BCUT2D eigenvalue weighted by molar-refractivity contribution is 7.98. The van der Waals surface area contributed by atoms with E-state index in [1.165, 1.54) is 11.8 Å². The van der Waals surface area contributed by atoms with Crippen molar-refractivity contribution in [3.8, 4) is 0 Å². The lowest BCUT2D eigenvalue weighted by Crippen LogP contribution is -1.96. The second kappa shape index (κ2) is 4.99. The molecule has 2 rings (SSSR count). The van der Waals surface area contributed by atoms with E-state index in [0.717, 1.165) is 4.90 Å². The Kier molecular flexibility index (Phi) is 3.63. The number of halogens is 2. The van der Waals surface area contributed by atoms with Gasteiger partial charge in [-0.3, -0.25) is 4.79 Å². The van der Waals surface area contributed by atoms with Crippen LogP contribution in [0.4, 0.5) is 0 Å². The van der Waals surface area contributed by atoms with Gasteiger partial charge in [0.25, 0.3) is 5.56 Å². The molecule has 0 amide bonds. The smallest absolute Gasteiger partial charge is 0.298 e. The molecule has 0 aliphatic heterocycles. The summed E-state index contributed by atoms with van der Waals surface area (Å²) in [6.07, 6.45) is 0. The van der Waals surface area contributed by atoms with Crippen molar-refractivity contribution >= 4 is 35.0 Å². The fourth-order valence-corrected chi connectivity index (χ4v) is 2.28. The third kappa shape index (κ3) is 2.64. The lowest BCUT2D eigenvalue weighted by atomic mass is 10.4. The summed E-state index contributed by atoms with van der Waals surface area (Å²) in [5, 5.41) is 2.99. The lowest BCUT2D eigenvalue weighted by molar-refractivity contribution is 0.390. The Labute approximate surface area is 106 Å². The summed E-state index contributed by atoms with van der Waals surface area (Å²) in [5.74, 6) is 0.950. The maximum atomic E-state index is 11.0. The first-order valence-electron chi connectivity index (χ1n) is 4.41. The van der Waals surface area contributed by atoms with E-state index in [4.69, 9.17) is 27.7 Å². The van der Waals surface area contributed by atoms with Gasteiger partial charge in [-0.05, 0) is 24.3 Å². The summed E-state index contributed by atoms with van der Waals surface area (Å²) in [7, 11) is 0. The highest BCUT2D eigenvalue weighted by Crippen LogP contribution is 2.25. The van der Waals surface area contributed by atoms with Gasteiger partial charge in [-0.25, -0.2) is 0 Å². The largest absolute Gasteiger partial charge is 0.381 e. The molecule has 0 radical (unpaired) electrons. The first-order valence-corrected chi connectivity index (χ1v) is 6.15. The summed E-state index contributed by atoms with van der Waals surface area (Å²) >= 11 is 13.0. The van der Waals surface area contributed by atoms with Crippen molar-refractivity contribution in [2.75, 3.05) is 0 Å². The summed E-state index contributed by atoms with van der Waals surface area (Å²) in [5.41, 5.74) is -0.395. The van der Waals surface area contributed by atoms with Crippen LogP contribution in [0.1, 0.15) is 5.76 Å². The van der Waals surface area contributed by atoms with Gasteiger partial charge in [0.05, 0.1) is 5.75 Å². The van der Waals surface area contributed by atoms with Crippen LogP contribution in [-0.2, 0) is 5.75 Å². The zero-order valence-electron chi connectivity index (χ0n) is 8.00. The summed E-state index contributed by atoms with van der Waals surface area (Å²) in [6, 6.07) is 7.40. The van der Waals surface area contributed by atoms with Gasteiger partial charge in [0.2, 0.25) is 0 Å². The number of thioether (sulfide) groups is 1. The lowest BCUT2D eigenvalue weighted by Gasteiger charge is -1.98. The average Bonchev–Trinajstić information content (AvgIpc) is 2.60. The predicted molar refractivity (Wildman–Crippen MR) is 65.4 cm³/mol. The van der Waals surface area contributed by atoms with Crippen molar-refractivity contribution in [3.63, 3.8) is 0 Å². The van der Waals surface area contributed by atoms with Gasteiger partial charge in [-0.15, -0.1) is 11.8 Å². The number of rotatable bonds is 3. The highest BCUT2D eigenvalue weighted by atomic mass is 35.5. The van der Waals surface area contributed by atoms with E-state index in [-0.39, 0.29) is 5.02 Å². The molecule has 1 heterocycles. The van der Waals surface area contributed by atoms with Crippen molar-refractivity contribution in [1.82, 2.24) is 5.16 Å². The fourth-order valence-electron chi connectivity index (χ4n) is 1.10. The number of H-pyrrole nitrogens is 1. The molecule has 0 bridgehead atoms. The molecule has 84 valence electrons. The number of nitrogens with one attached hydrogen (secondary N) is 1. The Morgan fingerprint density at radius 1 is 1.25 bits per heavy atom. The van der Waals surface area contributed by atoms with Gasteiger partial charge < -0.3 is 4.52 Å². The van der Waals surface area contributed by atoms with E-state index in [9.17, 15) is 4.79 Å². The Balaban J connectivity index is 2.05. The second-order valence-corrected chi connectivity index (χ2v) is 4.88. The SMILES string of the molecule is O=c1[nH]oc(CSc2ccc(Cl)cc2)c1Cl. The normalized spacial score (nSPS) is 10.6. The number of benzene rings is 1. The molecule has 1 N–H and O–H groups in total. The van der Waals surface area contributed by atoms with Crippen molar-refractivity contribution < 1.29 is 4.52 Å². The second-order valence-electron chi connectivity index (χ2n) is 3.01. The van der Waals surface area contributed by atoms with Gasteiger partial charge >= 0.3 is 0 Å². The predicted octanol–water partition coefficient (Wildman–Crippen LogP) is 3.57. The van der Waals surface area contributed by atoms with E-state index in [1.54, 1.807) is 12.1 Å². The minimum Gasteiger partial charge on any atom is -0.381 e. The zero-order chi connectivity index (χ0) is 11.5. The molecule has 0 aliphatic carbocycles. The molecule has 0 atom stereocenters. The molecule has 1 aromatic carbocycles. The number of aromatic amines is 1. The summed E-state index contributed by atoms with van der Waals surface area (Å²) in [4.78, 5) is 12.0. The third-order valence-corrected chi connectivity index (χ3v) is 3.54. The Hall–Kier alpha value is -0.840. The molecular weight excluding hydrogens is 269 g/mol. The molecule has 0 saturated heterocycles. The first-order chi connectivity index (χ1) is 7.66. The molecule has 0 saturated carbocycles. The zero-order valence-corrected chi connectivity index (χ0v) is 10.3. The van der Waals surface area contributed by atoms with Crippen LogP contribution < -0.4 is 5.56 Å². The molecule has 2 aromatic rings. The van der Waals surface area contributed by atoms with Crippen LogP contribution >= 0.6 is 35.0 Å². The van der Waals surface area contributed by atoms with E-state index < -0.39 is 5.56 Å². The molecule has 1 aromatic heterocycles. The van der Waals surface area contributed by atoms with E-state index in [1.807, 2.05) is 12.1 Å². The molecule has 16 heavy (non-hydrogen) atoms. The van der Waals surface area contributed by atoms with E-state index in [2.05, 4.69) is 5.16 Å². The number of hydrogen-bond donors (Lipinski definition) is 1. The fraction of sp³-hybridized carbons (Fsp3) is 0.100. The molecular formula is C10H7Cl2NO2S. The van der Waals surface area contributed by atoms with Crippen LogP contribution in [0.2, 0.25) is 10.0 Å². The summed E-state index contributed by atoms with van der Waals surface area (Å²) in [6.45, 7) is 0. The van der Waals surface area contributed by atoms with Crippen LogP contribution in [0.5, 0.6) is 0 Å². The standard InChI is InChI=1S/C10H7Cl2NO2S/c11-6-1-3-7(4-2-6)16-5-8-9(12)10(14)13-15-8/h1-4H,5H2,(H,13,14). The maximum Gasteiger partial charge on any atom is 0.298 e. The quantitative estimate of drug-likeness (QED) is 0.872. The minimum absolute atomic E-state index is 0.112. The minimum atomic E-state index is -0.395. The van der Waals surface area contributed by atoms with Crippen LogP contribution in [0.15, 0.2) is 38.5 Å². The van der Waals surface area contributed by atoms with E-state index >= 15 is 0 Å². The monoisotopic (exact) mass is 275 g/mol. The number of hydrogen-bond acceptors (Lipinski definition) is 3. The maximum absolute atomic E-state index is 11.0. The van der Waals surface area contributed by atoms with Crippen molar-refractivity contribution in [3.05, 3.63) is 50.4 Å². The molecule has 6 heteroatoms. The molecule has 0 spiro atoms. The molecule has 0 unspecified atom stereocenters. The molecule has 0 fully saturated rings. The van der Waals surface area contributed by atoms with Crippen molar-refractivity contribution in [2.45, 2.75) is 10.6 Å². The Morgan fingerprint density at radius 3 is 2.50 bits per heavy atom. The van der Waals surface area contributed by atoms with Gasteiger partial charge in [0.1, 0.15) is 0 Å². The Bertz CT molecular complexity index is 532. The topological polar surface area (TPSA) is 46.0 Å². The van der Waals surface area contributed by atoms with E-state index in [0.29, 0.717) is 16.5 Å².